The minimum atomic E-state index is -0.173. The average molecular weight is 388 g/mol. The van der Waals surface area contributed by atoms with Crippen molar-refractivity contribution in [3.8, 4) is 0 Å². The van der Waals surface area contributed by atoms with Gasteiger partial charge in [-0.15, -0.1) is 0 Å². The largest absolute Gasteiger partial charge is 0.463 e. The van der Waals surface area contributed by atoms with Gasteiger partial charge in [0.2, 0.25) is 0 Å². The molecule has 0 bridgehead atoms. The van der Waals surface area contributed by atoms with Gasteiger partial charge in [0.05, 0.1) is 23.4 Å². The zero-order chi connectivity index (χ0) is 17.1. The van der Waals surface area contributed by atoms with Crippen molar-refractivity contribution in [2.24, 2.45) is 5.10 Å². The Hall–Kier alpha value is -2.21. The third-order valence-corrected chi connectivity index (χ3v) is 4.31. The molecule has 0 atom stereocenters. The molecule has 0 saturated carbocycles. The van der Waals surface area contributed by atoms with E-state index in [1.54, 1.807) is 18.5 Å². The van der Waals surface area contributed by atoms with Gasteiger partial charge in [0, 0.05) is 10.9 Å². The van der Waals surface area contributed by atoms with Crippen LogP contribution in [0.25, 0.3) is 10.9 Å². The van der Waals surface area contributed by atoms with Gasteiger partial charge in [0.1, 0.15) is 11.6 Å². The first-order valence-electron chi connectivity index (χ1n) is 7.89. The summed E-state index contributed by atoms with van der Waals surface area (Å²) in [4.78, 5) is 17.5. The summed E-state index contributed by atoms with van der Waals surface area (Å²) in [6.45, 7) is 4.04. The SMILES string of the molecule is CCCCc1nc2ccc(Br)cc2c(=O)n1N=Cc1occc1C. The lowest BCUT2D eigenvalue weighted by molar-refractivity contribution is 0.556. The lowest BCUT2D eigenvalue weighted by Gasteiger charge is -2.09. The van der Waals surface area contributed by atoms with Crippen LogP contribution in [-0.4, -0.2) is 15.9 Å². The minimum Gasteiger partial charge on any atom is -0.463 e. The Balaban J connectivity index is 2.15. The Kier molecular flexibility index (Phi) is 4.94. The molecule has 0 aliphatic carbocycles. The fourth-order valence-corrected chi connectivity index (χ4v) is 2.80. The molecule has 1 aromatic carbocycles. The maximum Gasteiger partial charge on any atom is 0.282 e. The summed E-state index contributed by atoms with van der Waals surface area (Å²) in [6.07, 6.45) is 5.84. The number of fused-ring (bicyclic) bond motifs is 1. The number of aryl methyl sites for hydroxylation is 2. The average Bonchev–Trinajstić information content (AvgIpc) is 2.98. The van der Waals surface area contributed by atoms with Gasteiger partial charge >= 0.3 is 0 Å². The summed E-state index contributed by atoms with van der Waals surface area (Å²) in [5.74, 6) is 1.30. The smallest absolute Gasteiger partial charge is 0.282 e. The van der Waals surface area contributed by atoms with Crippen molar-refractivity contribution < 1.29 is 4.42 Å². The molecule has 24 heavy (non-hydrogen) atoms. The van der Waals surface area contributed by atoms with E-state index >= 15 is 0 Å². The van der Waals surface area contributed by atoms with Gasteiger partial charge < -0.3 is 4.42 Å². The van der Waals surface area contributed by atoms with Crippen molar-refractivity contribution in [1.82, 2.24) is 9.66 Å². The van der Waals surface area contributed by atoms with Crippen molar-refractivity contribution >= 4 is 33.0 Å². The van der Waals surface area contributed by atoms with Crippen molar-refractivity contribution in [3.63, 3.8) is 0 Å². The second-order valence-corrected chi connectivity index (χ2v) is 6.54. The topological polar surface area (TPSA) is 60.4 Å². The van der Waals surface area contributed by atoms with Crippen molar-refractivity contribution in [2.75, 3.05) is 0 Å². The standard InChI is InChI=1S/C18H18BrN3O2/c1-3-4-5-17-21-15-7-6-13(19)10-14(15)18(23)22(17)20-11-16-12(2)8-9-24-16/h6-11H,3-5H2,1-2H3. The van der Waals surface area contributed by atoms with E-state index < -0.39 is 0 Å². The predicted octanol–water partition coefficient (Wildman–Crippen LogP) is 4.29. The Bertz CT molecular complexity index is 957. The van der Waals surface area contributed by atoms with Crippen LogP contribution in [0.1, 0.15) is 36.9 Å². The minimum absolute atomic E-state index is 0.173. The van der Waals surface area contributed by atoms with Gasteiger partial charge in [-0.3, -0.25) is 4.79 Å². The molecule has 0 amide bonds. The van der Waals surface area contributed by atoms with Crippen LogP contribution in [-0.2, 0) is 6.42 Å². The van der Waals surface area contributed by atoms with E-state index in [4.69, 9.17) is 4.42 Å². The highest BCUT2D eigenvalue weighted by Gasteiger charge is 2.11. The molecule has 124 valence electrons. The van der Waals surface area contributed by atoms with Crippen LogP contribution < -0.4 is 5.56 Å². The van der Waals surface area contributed by atoms with Crippen LogP contribution in [0.4, 0.5) is 0 Å². The molecule has 0 saturated heterocycles. The number of hydrogen-bond donors (Lipinski definition) is 0. The quantitative estimate of drug-likeness (QED) is 0.613. The molecule has 2 aromatic heterocycles. The maximum atomic E-state index is 12.9. The van der Waals surface area contributed by atoms with Gasteiger partial charge in [-0.2, -0.15) is 9.78 Å². The van der Waals surface area contributed by atoms with Crippen LogP contribution in [0.5, 0.6) is 0 Å². The van der Waals surface area contributed by atoms with E-state index in [2.05, 4.69) is 32.9 Å². The summed E-state index contributed by atoms with van der Waals surface area (Å²) in [6, 6.07) is 7.37. The Morgan fingerprint density at radius 3 is 2.92 bits per heavy atom. The van der Waals surface area contributed by atoms with Gasteiger partial charge in [0.25, 0.3) is 5.56 Å². The van der Waals surface area contributed by atoms with E-state index in [1.165, 1.54) is 4.68 Å². The lowest BCUT2D eigenvalue weighted by atomic mass is 10.2. The number of hydrogen-bond acceptors (Lipinski definition) is 4. The van der Waals surface area contributed by atoms with Gasteiger partial charge in [0.15, 0.2) is 0 Å². The number of furan rings is 1. The molecular weight excluding hydrogens is 370 g/mol. The molecule has 0 aliphatic heterocycles. The van der Waals surface area contributed by atoms with Crippen LogP contribution in [0.15, 0.2) is 49.3 Å². The molecule has 2 heterocycles. The van der Waals surface area contributed by atoms with E-state index in [9.17, 15) is 4.79 Å². The third-order valence-electron chi connectivity index (χ3n) is 3.82. The zero-order valence-corrected chi connectivity index (χ0v) is 15.2. The molecule has 0 aliphatic rings. The first-order chi connectivity index (χ1) is 11.6. The van der Waals surface area contributed by atoms with Crippen LogP contribution in [0.2, 0.25) is 0 Å². The van der Waals surface area contributed by atoms with E-state index in [1.807, 2.05) is 25.1 Å². The Labute approximate surface area is 148 Å². The number of nitrogens with zero attached hydrogens (tertiary/aromatic N) is 3. The van der Waals surface area contributed by atoms with Crippen molar-refractivity contribution in [2.45, 2.75) is 33.1 Å². The molecule has 0 spiro atoms. The zero-order valence-electron chi connectivity index (χ0n) is 13.6. The van der Waals surface area contributed by atoms with E-state index in [-0.39, 0.29) is 5.56 Å². The van der Waals surface area contributed by atoms with Gasteiger partial charge in [-0.1, -0.05) is 29.3 Å². The van der Waals surface area contributed by atoms with Crippen LogP contribution in [0, 0.1) is 6.92 Å². The number of unbranched alkanes of at least 4 members (excludes halogenated alkanes) is 1. The highest BCUT2D eigenvalue weighted by molar-refractivity contribution is 9.10. The third kappa shape index (κ3) is 3.33. The first-order valence-corrected chi connectivity index (χ1v) is 8.69. The predicted molar refractivity (Wildman–Crippen MR) is 98.8 cm³/mol. The molecular formula is C18H18BrN3O2. The van der Waals surface area contributed by atoms with Crippen LogP contribution >= 0.6 is 15.9 Å². The van der Waals surface area contributed by atoms with E-state index in [0.717, 1.165) is 22.9 Å². The fourth-order valence-electron chi connectivity index (χ4n) is 2.44. The highest BCUT2D eigenvalue weighted by Crippen LogP contribution is 2.17. The second-order valence-electron chi connectivity index (χ2n) is 5.62. The molecule has 3 aromatic rings. The monoisotopic (exact) mass is 387 g/mol. The molecule has 3 rings (SSSR count). The van der Waals surface area contributed by atoms with E-state index in [0.29, 0.717) is 28.9 Å². The fraction of sp³-hybridized carbons (Fsp3) is 0.278. The molecule has 0 radical (unpaired) electrons. The number of halogens is 1. The summed E-state index contributed by atoms with van der Waals surface area (Å²) in [7, 11) is 0. The normalized spacial score (nSPS) is 11.6. The van der Waals surface area contributed by atoms with Crippen LogP contribution in [0.3, 0.4) is 0 Å². The molecule has 0 fully saturated rings. The summed E-state index contributed by atoms with van der Waals surface area (Å²) in [5.41, 5.74) is 1.49. The first kappa shape index (κ1) is 16.6. The van der Waals surface area contributed by atoms with Crippen molar-refractivity contribution in [3.05, 3.63) is 62.5 Å². The lowest BCUT2D eigenvalue weighted by Crippen LogP contribution is -2.22. The number of aromatic nitrogens is 2. The van der Waals surface area contributed by atoms with Crippen molar-refractivity contribution in [1.29, 1.82) is 0 Å². The Morgan fingerprint density at radius 1 is 1.38 bits per heavy atom. The maximum absolute atomic E-state index is 12.9. The summed E-state index contributed by atoms with van der Waals surface area (Å²) >= 11 is 3.40. The molecule has 6 heteroatoms. The summed E-state index contributed by atoms with van der Waals surface area (Å²) in [5, 5.41) is 4.89. The molecule has 0 N–H and O–H groups in total. The summed E-state index contributed by atoms with van der Waals surface area (Å²) < 4.78 is 7.58. The van der Waals surface area contributed by atoms with Gasteiger partial charge in [-0.05, 0) is 43.2 Å². The number of rotatable bonds is 5. The molecule has 5 nitrogen and oxygen atoms in total. The van der Waals surface area contributed by atoms with Gasteiger partial charge in [-0.25, -0.2) is 4.98 Å². The number of benzene rings is 1. The highest BCUT2D eigenvalue weighted by atomic mass is 79.9. The second kappa shape index (κ2) is 7.13. The molecule has 0 unspecified atom stereocenters. The Morgan fingerprint density at radius 2 is 2.21 bits per heavy atom.